The molecule has 1 rings (SSSR count). The molecule has 0 aliphatic rings. The average Bonchev–Trinajstić information content (AvgIpc) is 2.37. The van der Waals surface area contributed by atoms with Crippen LogP contribution in [-0.2, 0) is 19.6 Å². The molecule has 0 spiro atoms. The summed E-state index contributed by atoms with van der Waals surface area (Å²) in [6.07, 6.45) is 0. The molecule has 9 heteroatoms. The van der Waals surface area contributed by atoms with E-state index < -0.39 is 15.9 Å². The molecule has 0 aliphatic heterocycles. The van der Waals surface area contributed by atoms with E-state index in [1.807, 2.05) is 0 Å². The van der Waals surface area contributed by atoms with Crippen molar-refractivity contribution in [2.45, 2.75) is 4.90 Å². The van der Waals surface area contributed by atoms with Crippen LogP contribution in [0.2, 0.25) is 0 Å². The normalized spacial score (nSPS) is 11.2. The van der Waals surface area contributed by atoms with Crippen LogP contribution in [0, 0.1) is 0 Å². The van der Waals surface area contributed by atoms with E-state index in [1.54, 1.807) is 6.07 Å². The van der Waals surface area contributed by atoms with Crippen molar-refractivity contribution in [2.24, 2.45) is 5.73 Å². The number of benzene rings is 1. The van der Waals surface area contributed by atoms with Crippen LogP contribution in [0.15, 0.2) is 23.1 Å². The molecule has 1 aromatic rings. The van der Waals surface area contributed by atoms with E-state index in [4.69, 9.17) is 16.2 Å². The molecule has 0 aromatic heterocycles. The van der Waals surface area contributed by atoms with Crippen LogP contribution >= 0.6 is 0 Å². The Morgan fingerprint density at radius 1 is 1.40 bits per heavy atom. The van der Waals surface area contributed by atoms with E-state index in [2.05, 4.69) is 10.0 Å². The standard InChI is InChI=1S/C11H18N4O4S/c1-14-20(17,18)10-3-2-8(6-9(10)12)15-4-5-19-7-11(13)16/h2-3,6,14-15H,4-5,7,12H2,1H3,(H2,13,16). The van der Waals surface area contributed by atoms with E-state index in [0.717, 1.165) is 0 Å². The summed E-state index contributed by atoms with van der Waals surface area (Å²) < 4.78 is 30.4. The molecule has 0 saturated carbocycles. The first-order valence-electron chi connectivity index (χ1n) is 5.80. The Labute approximate surface area is 117 Å². The number of amides is 1. The maximum atomic E-state index is 11.6. The van der Waals surface area contributed by atoms with Gasteiger partial charge in [0.25, 0.3) is 0 Å². The fourth-order valence-electron chi connectivity index (χ4n) is 1.45. The Morgan fingerprint density at radius 3 is 2.65 bits per heavy atom. The fourth-order valence-corrected chi connectivity index (χ4v) is 2.29. The third-order valence-electron chi connectivity index (χ3n) is 2.39. The highest BCUT2D eigenvalue weighted by atomic mass is 32.2. The lowest BCUT2D eigenvalue weighted by molar-refractivity contribution is -0.122. The van der Waals surface area contributed by atoms with Gasteiger partial charge in [0.15, 0.2) is 0 Å². The van der Waals surface area contributed by atoms with Crippen LogP contribution in [0.3, 0.4) is 0 Å². The average molecular weight is 302 g/mol. The van der Waals surface area contributed by atoms with Crippen LogP contribution < -0.4 is 21.5 Å². The van der Waals surface area contributed by atoms with Crippen LogP contribution in [0.5, 0.6) is 0 Å². The molecule has 0 saturated heterocycles. The Bertz CT molecular complexity index is 574. The second-order valence-corrected chi connectivity index (χ2v) is 5.76. The Kier molecular flexibility index (Phi) is 5.74. The molecule has 0 aliphatic carbocycles. The zero-order valence-electron chi connectivity index (χ0n) is 11.0. The van der Waals surface area contributed by atoms with Crippen LogP contribution in [0.1, 0.15) is 0 Å². The molecule has 0 radical (unpaired) electrons. The summed E-state index contributed by atoms with van der Waals surface area (Å²) in [5.74, 6) is -0.532. The summed E-state index contributed by atoms with van der Waals surface area (Å²) in [6.45, 7) is 0.591. The topological polar surface area (TPSA) is 137 Å². The molecule has 1 amide bonds. The zero-order valence-corrected chi connectivity index (χ0v) is 11.9. The third kappa shape index (κ3) is 4.68. The number of rotatable bonds is 8. The highest BCUT2D eigenvalue weighted by Gasteiger charge is 2.14. The first kappa shape index (κ1) is 16.2. The molecule has 0 atom stereocenters. The number of primary amides is 1. The molecule has 0 bridgehead atoms. The smallest absolute Gasteiger partial charge is 0.243 e. The second-order valence-electron chi connectivity index (χ2n) is 3.91. The zero-order chi connectivity index (χ0) is 15.2. The summed E-state index contributed by atoms with van der Waals surface area (Å²) in [7, 11) is -2.25. The second kappa shape index (κ2) is 7.08. The number of carbonyl (C=O) groups is 1. The minimum absolute atomic E-state index is 0.0236. The lowest BCUT2D eigenvalue weighted by Gasteiger charge is -2.10. The van der Waals surface area contributed by atoms with E-state index in [9.17, 15) is 13.2 Å². The summed E-state index contributed by atoms with van der Waals surface area (Å²) in [6, 6.07) is 4.51. The number of hydrogen-bond donors (Lipinski definition) is 4. The predicted octanol–water partition coefficient (Wildman–Crippen LogP) is -0.909. The molecule has 0 heterocycles. The van der Waals surface area contributed by atoms with E-state index >= 15 is 0 Å². The van der Waals surface area contributed by atoms with Crippen molar-refractivity contribution in [2.75, 3.05) is 37.9 Å². The number of carbonyl (C=O) groups excluding carboxylic acids is 1. The first-order valence-corrected chi connectivity index (χ1v) is 7.28. The van der Waals surface area contributed by atoms with Crippen molar-refractivity contribution < 1.29 is 17.9 Å². The van der Waals surface area contributed by atoms with Crippen molar-refractivity contribution in [1.82, 2.24) is 4.72 Å². The van der Waals surface area contributed by atoms with Gasteiger partial charge in [-0.1, -0.05) is 0 Å². The van der Waals surface area contributed by atoms with Crippen molar-refractivity contribution in [3.05, 3.63) is 18.2 Å². The minimum atomic E-state index is -3.56. The summed E-state index contributed by atoms with van der Waals surface area (Å²) >= 11 is 0. The van der Waals surface area contributed by atoms with Crippen LogP contribution in [0.25, 0.3) is 0 Å². The number of nitrogens with two attached hydrogens (primary N) is 2. The van der Waals surface area contributed by atoms with Gasteiger partial charge in [0.2, 0.25) is 15.9 Å². The molecule has 20 heavy (non-hydrogen) atoms. The number of nitrogens with one attached hydrogen (secondary N) is 2. The number of nitrogen functional groups attached to an aromatic ring is 1. The maximum Gasteiger partial charge on any atom is 0.243 e. The number of ether oxygens (including phenoxy) is 1. The first-order chi connectivity index (χ1) is 9.36. The Balaban J connectivity index is 2.58. The van der Waals surface area contributed by atoms with Crippen molar-refractivity contribution >= 4 is 27.3 Å². The molecular weight excluding hydrogens is 284 g/mol. The Hall–Kier alpha value is -1.84. The maximum absolute atomic E-state index is 11.6. The predicted molar refractivity (Wildman–Crippen MR) is 75.6 cm³/mol. The quantitative estimate of drug-likeness (QED) is 0.362. The van der Waals surface area contributed by atoms with E-state index in [-0.39, 0.29) is 17.2 Å². The Morgan fingerprint density at radius 2 is 2.10 bits per heavy atom. The number of anilines is 2. The molecule has 0 unspecified atom stereocenters. The fraction of sp³-hybridized carbons (Fsp3) is 0.364. The van der Waals surface area contributed by atoms with Crippen molar-refractivity contribution in [1.29, 1.82) is 0 Å². The van der Waals surface area contributed by atoms with Gasteiger partial charge in [-0.2, -0.15) is 0 Å². The van der Waals surface area contributed by atoms with Gasteiger partial charge < -0.3 is 21.5 Å². The van der Waals surface area contributed by atoms with Crippen molar-refractivity contribution in [3.63, 3.8) is 0 Å². The van der Waals surface area contributed by atoms with Gasteiger partial charge in [0.05, 0.1) is 12.3 Å². The third-order valence-corrected chi connectivity index (χ3v) is 3.88. The van der Waals surface area contributed by atoms with Crippen LogP contribution in [0.4, 0.5) is 11.4 Å². The van der Waals surface area contributed by atoms with Gasteiger partial charge in [-0.25, -0.2) is 13.1 Å². The van der Waals surface area contributed by atoms with Gasteiger partial charge in [-0.3, -0.25) is 4.79 Å². The van der Waals surface area contributed by atoms with Crippen LogP contribution in [-0.4, -0.2) is 41.1 Å². The molecule has 1 aromatic carbocycles. The molecule has 8 nitrogen and oxygen atoms in total. The lowest BCUT2D eigenvalue weighted by atomic mass is 10.3. The van der Waals surface area contributed by atoms with Gasteiger partial charge in [0.1, 0.15) is 11.5 Å². The van der Waals surface area contributed by atoms with Gasteiger partial charge >= 0.3 is 0 Å². The van der Waals surface area contributed by atoms with E-state index in [0.29, 0.717) is 18.8 Å². The monoisotopic (exact) mass is 302 g/mol. The SMILES string of the molecule is CNS(=O)(=O)c1ccc(NCCOCC(N)=O)cc1N. The molecule has 0 fully saturated rings. The van der Waals surface area contributed by atoms with Gasteiger partial charge in [0, 0.05) is 12.2 Å². The van der Waals surface area contributed by atoms with Gasteiger partial charge in [-0.15, -0.1) is 0 Å². The lowest BCUT2D eigenvalue weighted by Crippen LogP contribution is -2.21. The summed E-state index contributed by atoms with van der Waals surface area (Å²) in [5, 5.41) is 2.98. The summed E-state index contributed by atoms with van der Waals surface area (Å²) in [5.41, 5.74) is 11.4. The number of sulfonamides is 1. The molecule has 6 N–H and O–H groups in total. The molecule has 112 valence electrons. The highest BCUT2D eigenvalue weighted by Crippen LogP contribution is 2.21. The van der Waals surface area contributed by atoms with E-state index in [1.165, 1.54) is 19.2 Å². The minimum Gasteiger partial charge on any atom is -0.398 e. The van der Waals surface area contributed by atoms with Gasteiger partial charge in [-0.05, 0) is 25.2 Å². The molecular formula is C11H18N4O4S. The largest absolute Gasteiger partial charge is 0.398 e. The number of hydrogen-bond acceptors (Lipinski definition) is 6. The summed E-state index contributed by atoms with van der Waals surface area (Å²) in [4.78, 5) is 10.5. The van der Waals surface area contributed by atoms with Crippen molar-refractivity contribution in [3.8, 4) is 0 Å². The highest BCUT2D eigenvalue weighted by molar-refractivity contribution is 7.89.